The standard InChI is InChI=1S/C19H28N6/c1-15-11-19(21-14-20-15)23(2)17-6-9-24(10-7-17)13-16-12-18-5-3-4-8-25(18)22-16/h11-12,14,17H,3-10,13H2,1-2H3. The van der Waals surface area contributed by atoms with E-state index in [0.29, 0.717) is 6.04 Å². The minimum atomic E-state index is 0.556. The van der Waals surface area contributed by atoms with Gasteiger partial charge < -0.3 is 4.90 Å². The zero-order valence-corrected chi connectivity index (χ0v) is 15.4. The highest BCUT2D eigenvalue weighted by Crippen LogP contribution is 2.22. The van der Waals surface area contributed by atoms with Gasteiger partial charge in [0.05, 0.1) is 5.69 Å². The van der Waals surface area contributed by atoms with Gasteiger partial charge in [-0.1, -0.05) is 0 Å². The number of nitrogens with zero attached hydrogens (tertiary/aromatic N) is 6. The van der Waals surface area contributed by atoms with Crippen molar-refractivity contribution < 1.29 is 0 Å². The molecule has 0 saturated carbocycles. The lowest BCUT2D eigenvalue weighted by molar-refractivity contribution is 0.200. The maximum absolute atomic E-state index is 4.80. The Bertz CT molecular complexity index is 693. The van der Waals surface area contributed by atoms with Crippen LogP contribution in [0, 0.1) is 6.92 Å². The molecule has 6 nitrogen and oxygen atoms in total. The van der Waals surface area contributed by atoms with Crippen LogP contribution in [0.3, 0.4) is 0 Å². The van der Waals surface area contributed by atoms with Gasteiger partial charge in [0.15, 0.2) is 0 Å². The summed E-state index contributed by atoms with van der Waals surface area (Å²) in [5, 5.41) is 4.80. The smallest absolute Gasteiger partial charge is 0.132 e. The number of hydrogen-bond donors (Lipinski definition) is 0. The molecule has 0 aromatic carbocycles. The fraction of sp³-hybridized carbons (Fsp3) is 0.632. The molecule has 0 radical (unpaired) electrons. The van der Waals surface area contributed by atoms with Gasteiger partial charge in [0.1, 0.15) is 12.1 Å². The second-order valence-corrected chi connectivity index (χ2v) is 7.44. The maximum atomic E-state index is 4.80. The van der Waals surface area contributed by atoms with E-state index in [1.54, 1.807) is 6.33 Å². The summed E-state index contributed by atoms with van der Waals surface area (Å²) in [4.78, 5) is 13.5. The van der Waals surface area contributed by atoms with Crippen LogP contribution in [0.5, 0.6) is 0 Å². The van der Waals surface area contributed by atoms with Crippen LogP contribution in [0.2, 0.25) is 0 Å². The van der Waals surface area contributed by atoms with Crippen molar-refractivity contribution in [2.75, 3.05) is 25.0 Å². The second-order valence-electron chi connectivity index (χ2n) is 7.44. The maximum Gasteiger partial charge on any atom is 0.132 e. The minimum absolute atomic E-state index is 0.556. The molecule has 4 rings (SSSR count). The molecule has 4 heterocycles. The van der Waals surface area contributed by atoms with E-state index < -0.39 is 0 Å². The van der Waals surface area contributed by atoms with Gasteiger partial charge >= 0.3 is 0 Å². The Morgan fingerprint density at radius 2 is 1.96 bits per heavy atom. The monoisotopic (exact) mass is 340 g/mol. The summed E-state index contributed by atoms with van der Waals surface area (Å²) < 4.78 is 2.22. The third kappa shape index (κ3) is 3.68. The van der Waals surface area contributed by atoms with Crippen LogP contribution < -0.4 is 4.90 Å². The number of hydrogen-bond acceptors (Lipinski definition) is 5. The average Bonchev–Trinajstić information content (AvgIpc) is 3.04. The van der Waals surface area contributed by atoms with Gasteiger partial charge in [-0.15, -0.1) is 0 Å². The molecule has 0 spiro atoms. The highest BCUT2D eigenvalue weighted by atomic mass is 15.3. The summed E-state index contributed by atoms with van der Waals surface area (Å²) in [5.74, 6) is 1.03. The molecule has 25 heavy (non-hydrogen) atoms. The SMILES string of the molecule is Cc1cc(N(C)C2CCN(Cc3cc4n(n3)CCCC4)CC2)ncn1. The second kappa shape index (κ2) is 7.12. The summed E-state index contributed by atoms with van der Waals surface area (Å²) in [5.41, 5.74) is 3.70. The van der Waals surface area contributed by atoms with Gasteiger partial charge in [-0.3, -0.25) is 9.58 Å². The van der Waals surface area contributed by atoms with Crippen LogP contribution in [0.1, 0.15) is 42.8 Å². The molecule has 2 aromatic heterocycles. The summed E-state index contributed by atoms with van der Waals surface area (Å²) in [6.07, 6.45) is 7.79. The number of rotatable bonds is 4. The van der Waals surface area contributed by atoms with Gasteiger partial charge in [0.2, 0.25) is 0 Å². The summed E-state index contributed by atoms with van der Waals surface area (Å²) in [7, 11) is 2.16. The lowest BCUT2D eigenvalue weighted by atomic mass is 10.0. The zero-order valence-electron chi connectivity index (χ0n) is 15.4. The fourth-order valence-electron chi connectivity index (χ4n) is 4.07. The van der Waals surface area contributed by atoms with Crippen LogP contribution in [0.4, 0.5) is 5.82 Å². The first kappa shape index (κ1) is 16.5. The van der Waals surface area contributed by atoms with Crippen molar-refractivity contribution in [3.05, 3.63) is 35.5 Å². The van der Waals surface area contributed by atoms with Gasteiger partial charge in [-0.2, -0.15) is 5.10 Å². The minimum Gasteiger partial charge on any atom is -0.356 e. The van der Waals surface area contributed by atoms with E-state index in [-0.39, 0.29) is 0 Å². The van der Waals surface area contributed by atoms with Crippen molar-refractivity contribution in [2.24, 2.45) is 0 Å². The van der Waals surface area contributed by atoms with Crippen LogP contribution in [0.15, 0.2) is 18.5 Å². The molecule has 2 aliphatic rings. The number of fused-ring (bicyclic) bond motifs is 1. The van der Waals surface area contributed by atoms with E-state index in [1.807, 2.05) is 6.92 Å². The van der Waals surface area contributed by atoms with Gasteiger partial charge in [-0.05, 0) is 45.1 Å². The molecule has 0 N–H and O–H groups in total. The molecule has 0 bridgehead atoms. The fourth-order valence-corrected chi connectivity index (χ4v) is 4.07. The summed E-state index contributed by atoms with van der Waals surface area (Å²) >= 11 is 0. The molecule has 1 saturated heterocycles. The first-order chi connectivity index (χ1) is 12.2. The lowest BCUT2D eigenvalue weighted by Gasteiger charge is -2.37. The van der Waals surface area contributed by atoms with Crippen molar-refractivity contribution in [1.29, 1.82) is 0 Å². The lowest BCUT2D eigenvalue weighted by Crippen LogP contribution is -2.43. The highest BCUT2D eigenvalue weighted by molar-refractivity contribution is 5.39. The molecule has 2 aromatic rings. The van der Waals surface area contributed by atoms with Crippen LogP contribution in [0.25, 0.3) is 0 Å². The third-order valence-electron chi connectivity index (χ3n) is 5.61. The summed E-state index contributed by atoms with van der Waals surface area (Å²) in [6.45, 7) is 6.36. The van der Waals surface area contributed by atoms with Gasteiger partial charge in [0.25, 0.3) is 0 Å². The molecule has 134 valence electrons. The van der Waals surface area contributed by atoms with E-state index in [1.165, 1.54) is 43.5 Å². The molecule has 0 unspecified atom stereocenters. The number of aryl methyl sites for hydroxylation is 3. The largest absolute Gasteiger partial charge is 0.356 e. The number of anilines is 1. The Balaban J connectivity index is 1.33. The van der Waals surface area contributed by atoms with Crippen molar-refractivity contribution in [1.82, 2.24) is 24.6 Å². The Hall–Kier alpha value is -1.95. The van der Waals surface area contributed by atoms with Crippen LogP contribution >= 0.6 is 0 Å². The van der Waals surface area contributed by atoms with E-state index in [9.17, 15) is 0 Å². The molecule has 0 amide bonds. The molecule has 0 atom stereocenters. The molecule has 6 heteroatoms. The molecule has 2 aliphatic heterocycles. The predicted molar refractivity (Wildman–Crippen MR) is 98.6 cm³/mol. The van der Waals surface area contributed by atoms with Gasteiger partial charge in [-0.25, -0.2) is 9.97 Å². The normalized spacial score (nSPS) is 19.0. The quantitative estimate of drug-likeness (QED) is 0.855. The number of aromatic nitrogens is 4. The number of piperidine rings is 1. The Morgan fingerprint density at radius 3 is 2.72 bits per heavy atom. The van der Waals surface area contributed by atoms with Crippen molar-refractivity contribution >= 4 is 5.82 Å². The van der Waals surface area contributed by atoms with Crippen molar-refractivity contribution in [3.8, 4) is 0 Å². The average molecular weight is 340 g/mol. The van der Waals surface area contributed by atoms with E-state index in [2.05, 4.69) is 43.6 Å². The van der Waals surface area contributed by atoms with Crippen molar-refractivity contribution in [3.63, 3.8) is 0 Å². The molecular weight excluding hydrogens is 312 g/mol. The molecular formula is C19H28N6. The first-order valence-corrected chi connectivity index (χ1v) is 9.48. The topological polar surface area (TPSA) is 50.1 Å². The highest BCUT2D eigenvalue weighted by Gasteiger charge is 2.24. The zero-order chi connectivity index (χ0) is 17.2. The van der Waals surface area contributed by atoms with Crippen molar-refractivity contribution in [2.45, 2.75) is 58.2 Å². The Labute approximate surface area is 149 Å². The number of likely N-dealkylation sites (tertiary alicyclic amines) is 1. The third-order valence-corrected chi connectivity index (χ3v) is 5.61. The van der Waals surface area contributed by atoms with Gasteiger partial charge in [0, 0.05) is 56.7 Å². The predicted octanol–water partition coefficient (Wildman–Crippen LogP) is 2.42. The molecule has 1 fully saturated rings. The van der Waals surface area contributed by atoms with Crippen LogP contribution in [-0.2, 0) is 19.5 Å². The van der Waals surface area contributed by atoms with E-state index >= 15 is 0 Å². The first-order valence-electron chi connectivity index (χ1n) is 9.48. The van der Waals surface area contributed by atoms with E-state index in [0.717, 1.165) is 37.7 Å². The van der Waals surface area contributed by atoms with E-state index in [4.69, 9.17) is 5.10 Å². The summed E-state index contributed by atoms with van der Waals surface area (Å²) in [6, 6.07) is 4.95. The Morgan fingerprint density at radius 1 is 1.12 bits per heavy atom. The molecule has 0 aliphatic carbocycles. The Kier molecular flexibility index (Phi) is 4.70. The van der Waals surface area contributed by atoms with Crippen LogP contribution in [-0.4, -0.2) is 50.8 Å².